The highest BCUT2D eigenvalue weighted by atomic mass is 79.9. The number of aliphatic hydroxyl groups excluding tert-OH is 1. The highest BCUT2D eigenvalue weighted by molar-refractivity contribution is 9.11. The number of anilines is 1. The van der Waals surface area contributed by atoms with Crippen LogP contribution in [0.4, 0.5) is 10.1 Å². The maximum absolute atomic E-state index is 14.0. The first kappa shape index (κ1) is 19.2. The summed E-state index contributed by atoms with van der Waals surface area (Å²) >= 11 is 12.2. The molecule has 0 fully saturated rings. The number of halogens is 4. The van der Waals surface area contributed by atoms with Gasteiger partial charge in [-0.25, -0.2) is 9.18 Å². The van der Waals surface area contributed by atoms with Crippen molar-refractivity contribution in [3.05, 3.63) is 37.1 Å². The van der Waals surface area contributed by atoms with Gasteiger partial charge in [-0.15, -0.1) is 0 Å². The summed E-state index contributed by atoms with van der Waals surface area (Å²) in [5, 5.41) is 11.9. The Bertz CT molecular complexity index is 742. The number of rotatable bonds is 5. The first-order valence-corrected chi connectivity index (χ1v) is 8.59. The van der Waals surface area contributed by atoms with E-state index in [1.807, 2.05) is 0 Å². The Morgan fingerprint density at radius 3 is 2.79 bits per heavy atom. The lowest BCUT2D eigenvalue weighted by Gasteiger charge is -2.16. The molecule has 130 valence electrons. The van der Waals surface area contributed by atoms with Crippen LogP contribution in [-0.4, -0.2) is 48.7 Å². The maximum Gasteiger partial charge on any atom is 0.337 e. The quantitative estimate of drug-likeness (QED) is 0.380. The van der Waals surface area contributed by atoms with Crippen molar-refractivity contribution >= 4 is 61.0 Å². The fourth-order valence-electron chi connectivity index (χ4n) is 2.15. The van der Waals surface area contributed by atoms with Crippen LogP contribution in [0.3, 0.4) is 0 Å². The fraction of sp³-hybridized carbons (Fsp3) is 0.286. The molecule has 6 nitrogen and oxygen atoms in total. The van der Waals surface area contributed by atoms with Crippen molar-refractivity contribution in [1.82, 2.24) is 4.90 Å². The van der Waals surface area contributed by atoms with E-state index in [-0.39, 0.29) is 50.6 Å². The Hall–Kier alpha value is -1.16. The summed E-state index contributed by atoms with van der Waals surface area (Å²) in [6.45, 7) is -0.235. The lowest BCUT2D eigenvalue weighted by Crippen LogP contribution is -2.31. The number of β-amino-alcohol motifs (C(OH)–C–C–N with tert-alkyl or cyclic N) is 1. The zero-order valence-electron chi connectivity index (χ0n) is 12.3. The minimum Gasteiger partial charge on any atom is -0.466 e. The molecule has 1 heterocycles. The van der Waals surface area contributed by atoms with Gasteiger partial charge in [-0.3, -0.25) is 4.79 Å². The van der Waals surface area contributed by atoms with E-state index in [4.69, 9.17) is 16.7 Å². The van der Waals surface area contributed by atoms with Crippen molar-refractivity contribution in [3.63, 3.8) is 0 Å². The number of methoxy groups -OCH3 is 1. The van der Waals surface area contributed by atoms with Gasteiger partial charge in [0.1, 0.15) is 5.70 Å². The molecule has 0 unspecified atom stereocenters. The second-order valence-corrected chi connectivity index (χ2v) is 6.82. The summed E-state index contributed by atoms with van der Waals surface area (Å²) in [7, 11) is 1.19. The van der Waals surface area contributed by atoms with Crippen LogP contribution in [0.2, 0.25) is 5.02 Å². The van der Waals surface area contributed by atoms with E-state index in [0.29, 0.717) is 0 Å². The molecule has 0 saturated heterocycles. The van der Waals surface area contributed by atoms with Gasteiger partial charge in [-0.05, 0) is 37.9 Å². The molecule has 2 N–H and O–H groups in total. The zero-order valence-corrected chi connectivity index (χ0v) is 16.3. The smallest absolute Gasteiger partial charge is 0.337 e. The van der Waals surface area contributed by atoms with Crippen LogP contribution in [0.25, 0.3) is 0 Å². The predicted molar refractivity (Wildman–Crippen MR) is 93.1 cm³/mol. The molecule has 0 aromatic heterocycles. The van der Waals surface area contributed by atoms with E-state index in [1.165, 1.54) is 18.1 Å². The number of nitrogens with zero attached hydrogens (tertiary/aromatic N) is 1. The summed E-state index contributed by atoms with van der Waals surface area (Å²) in [4.78, 5) is 25.6. The molecule has 0 aliphatic carbocycles. The molecule has 0 saturated carbocycles. The minimum absolute atomic E-state index is 0.00648. The lowest BCUT2D eigenvalue weighted by molar-refractivity contribution is -0.136. The molecular weight excluding hydrogens is 474 g/mol. The molecule has 1 aromatic carbocycles. The summed E-state index contributed by atoms with van der Waals surface area (Å²) in [6.07, 6.45) is 0. The van der Waals surface area contributed by atoms with E-state index in [2.05, 4.69) is 41.9 Å². The highest BCUT2D eigenvalue weighted by Crippen LogP contribution is 2.38. The average Bonchev–Trinajstić information content (AvgIpc) is 2.85. The van der Waals surface area contributed by atoms with E-state index in [0.717, 1.165) is 0 Å². The molecule has 0 atom stereocenters. The minimum atomic E-state index is -0.698. The molecule has 10 heteroatoms. The van der Waals surface area contributed by atoms with Crippen LogP contribution >= 0.6 is 43.5 Å². The van der Waals surface area contributed by atoms with Crippen LogP contribution in [0.5, 0.6) is 0 Å². The highest BCUT2D eigenvalue weighted by Gasteiger charge is 2.35. The van der Waals surface area contributed by atoms with Gasteiger partial charge in [-0.1, -0.05) is 11.6 Å². The number of aliphatic hydroxyl groups is 1. The average molecular weight is 487 g/mol. The van der Waals surface area contributed by atoms with Crippen molar-refractivity contribution in [2.45, 2.75) is 0 Å². The fourth-order valence-corrected chi connectivity index (χ4v) is 3.87. The van der Waals surface area contributed by atoms with Crippen molar-refractivity contribution in [2.75, 3.05) is 32.1 Å². The normalized spacial score (nSPS) is 14.4. The number of carbonyl (C=O) groups excluding carboxylic acids is 2. The van der Waals surface area contributed by atoms with Gasteiger partial charge in [0.25, 0.3) is 5.91 Å². The van der Waals surface area contributed by atoms with Crippen LogP contribution in [0, 0.1) is 5.82 Å². The Kier molecular flexibility index (Phi) is 6.24. The number of esters is 1. The van der Waals surface area contributed by atoms with Gasteiger partial charge >= 0.3 is 5.97 Å². The monoisotopic (exact) mass is 484 g/mol. The van der Waals surface area contributed by atoms with Crippen molar-refractivity contribution in [3.8, 4) is 0 Å². The SMILES string of the molecule is COC(=O)C1=C(Nc2c(Cl)cc(Br)c(F)c2Br)C(=O)N(CCO)C1. The van der Waals surface area contributed by atoms with Gasteiger partial charge in [0, 0.05) is 6.54 Å². The topological polar surface area (TPSA) is 78.9 Å². The molecule has 0 spiro atoms. The van der Waals surface area contributed by atoms with Crippen LogP contribution < -0.4 is 5.32 Å². The van der Waals surface area contributed by atoms with Gasteiger partial charge in [0.05, 0.1) is 45.5 Å². The second-order valence-electron chi connectivity index (χ2n) is 4.76. The number of ether oxygens (including phenoxy) is 1. The Morgan fingerprint density at radius 2 is 2.21 bits per heavy atom. The molecule has 24 heavy (non-hydrogen) atoms. The van der Waals surface area contributed by atoms with Crippen LogP contribution in [0.1, 0.15) is 0 Å². The number of carbonyl (C=O) groups is 2. The third-order valence-electron chi connectivity index (χ3n) is 3.32. The maximum atomic E-state index is 14.0. The van der Waals surface area contributed by atoms with Crippen LogP contribution in [0.15, 0.2) is 26.3 Å². The molecule has 1 amide bonds. The molecule has 1 aromatic rings. The van der Waals surface area contributed by atoms with Crippen LogP contribution in [-0.2, 0) is 14.3 Å². The summed E-state index contributed by atoms with van der Waals surface area (Å²) < 4.78 is 18.9. The van der Waals surface area contributed by atoms with Crippen molar-refractivity contribution in [1.29, 1.82) is 0 Å². The summed E-state index contributed by atoms with van der Waals surface area (Å²) in [5.74, 6) is -1.83. The van der Waals surface area contributed by atoms with E-state index in [9.17, 15) is 14.0 Å². The van der Waals surface area contributed by atoms with Gasteiger partial charge in [0.15, 0.2) is 5.82 Å². The molecule has 0 bridgehead atoms. The molecule has 0 radical (unpaired) electrons. The van der Waals surface area contributed by atoms with Gasteiger partial charge < -0.3 is 20.1 Å². The predicted octanol–water partition coefficient (Wildman–Crippen LogP) is 2.68. The summed E-state index contributed by atoms with van der Waals surface area (Å²) in [5.41, 5.74) is 0.106. The molecule has 1 aliphatic rings. The van der Waals surface area contributed by atoms with Gasteiger partial charge in [0.2, 0.25) is 0 Å². The van der Waals surface area contributed by atoms with E-state index in [1.54, 1.807) is 0 Å². The Balaban J connectivity index is 2.47. The standard InChI is InChI=1S/C14H12Br2ClFN2O4/c1-24-14(23)6-5-20(2-3-21)13(22)11(6)19-12-8(17)4-7(15)10(18)9(12)16/h4,19,21H,2-3,5H2,1H3. The second kappa shape index (κ2) is 7.81. The zero-order chi connectivity index (χ0) is 18.0. The number of amides is 1. The van der Waals surface area contributed by atoms with Gasteiger partial charge in [-0.2, -0.15) is 0 Å². The Labute approximate surface area is 158 Å². The summed E-state index contributed by atoms with van der Waals surface area (Å²) in [6, 6.07) is 1.33. The first-order chi connectivity index (χ1) is 11.3. The first-order valence-electron chi connectivity index (χ1n) is 6.63. The number of hydrogen-bond donors (Lipinski definition) is 2. The molecule has 2 rings (SSSR count). The number of benzene rings is 1. The van der Waals surface area contributed by atoms with Crippen molar-refractivity contribution in [2.24, 2.45) is 0 Å². The largest absolute Gasteiger partial charge is 0.466 e. The lowest BCUT2D eigenvalue weighted by atomic mass is 10.2. The third-order valence-corrected chi connectivity index (χ3v) is 4.94. The molecular formula is C14H12Br2ClFN2O4. The molecule has 1 aliphatic heterocycles. The van der Waals surface area contributed by atoms with E-state index >= 15 is 0 Å². The van der Waals surface area contributed by atoms with Crippen molar-refractivity contribution < 1.29 is 23.8 Å². The Morgan fingerprint density at radius 1 is 1.54 bits per heavy atom. The number of hydrogen-bond acceptors (Lipinski definition) is 5. The number of nitrogens with one attached hydrogen (secondary N) is 1. The third kappa shape index (κ3) is 3.58. The van der Waals surface area contributed by atoms with E-state index < -0.39 is 17.7 Å².